The number of aryl methyl sites for hydroxylation is 2. The van der Waals surface area contributed by atoms with Gasteiger partial charge in [0.2, 0.25) is 5.91 Å². The van der Waals surface area contributed by atoms with Crippen molar-refractivity contribution in [2.24, 2.45) is 0 Å². The fourth-order valence-electron chi connectivity index (χ4n) is 2.88. The molecular weight excluding hydrogens is 358 g/mol. The van der Waals surface area contributed by atoms with Crippen LogP contribution in [0.3, 0.4) is 0 Å². The molecule has 0 aliphatic carbocycles. The van der Waals surface area contributed by atoms with Crippen molar-refractivity contribution in [1.82, 2.24) is 25.4 Å². The summed E-state index contributed by atoms with van der Waals surface area (Å²) in [6.45, 7) is 9.22. The van der Waals surface area contributed by atoms with Crippen LogP contribution in [0, 0.1) is 13.8 Å². The first-order valence-electron chi connectivity index (χ1n) is 8.47. The van der Waals surface area contributed by atoms with Crippen molar-refractivity contribution >= 4 is 29.0 Å². The number of nitrogens with one attached hydrogen (secondary N) is 1. The first-order chi connectivity index (χ1) is 12.0. The Morgan fingerprint density at radius 2 is 2.12 bits per heavy atom. The summed E-state index contributed by atoms with van der Waals surface area (Å²) in [6, 6.07) is 0.275. The van der Waals surface area contributed by atoms with Crippen LogP contribution >= 0.6 is 23.1 Å². The molecule has 0 unspecified atom stereocenters. The molecule has 3 rings (SSSR count). The monoisotopic (exact) mass is 381 g/mol. The van der Waals surface area contributed by atoms with Gasteiger partial charge in [-0.05, 0) is 33.2 Å². The Balaban J connectivity index is 1.47. The first kappa shape index (κ1) is 18.3. The van der Waals surface area contributed by atoms with Gasteiger partial charge in [-0.2, -0.15) is 0 Å². The molecular formula is C16H23N5O2S2. The number of thiazole rings is 1. The van der Waals surface area contributed by atoms with Crippen molar-refractivity contribution in [3.63, 3.8) is 0 Å². The summed E-state index contributed by atoms with van der Waals surface area (Å²) in [5.74, 6) is 0.776. The minimum atomic E-state index is 0.0181. The van der Waals surface area contributed by atoms with E-state index in [4.69, 9.17) is 4.42 Å². The van der Waals surface area contributed by atoms with Gasteiger partial charge in [0.15, 0.2) is 0 Å². The van der Waals surface area contributed by atoms with Crippen LogP contribution in [0.5, 0.6) is 0 Å². The number of piperidine rings is 1. The Kier molecular flexibility index (Phi) is 6.08. The SMILES string of the molecule is CCN1CCC(NC(=O)CSc2nnc(-c3sc(C)nc3C)o2)CC1. The second-order valence-corrected chi connectivity index (χ2v) is 8.22. The molecule has 0 bridgehead atoms. The van der Waals surface area contributed by atoms with Crippen molar-refractivity contribution in [1.29, 1.82) is 0 Å². The van der Waals surface area contributed by atoms with Crippen molar-refractivity contribution in [3.8, 4) is 10.8 Å². The van der Waals surface area contributed by atoms with Gasteiger partial charge in [0.1, 0.15) is 4.88 Å². The molecule has 1 aliphatic heterocycles. The topological polar surface area (TPSA) is 84.2 Å². The summed E-state index contributed by atoms with van der Waals surface area (Å²) in [7, 11) is 0. The standard InChI is InChI=1S/C16H23N5O2S2/c1-4-21-7-5-12(6-8-21)18-13(22)9-24-16-20-19-15(23-16)14-10(2)17-11(3)25-14/h12H,4-9H2,1-3H3,(H,18,22). The van der Waals surface area contributed by atoms with Crippen molar-refractivity contribution in [2.45, 2.75) is 44.9 Å². The normalized spacial score (nSPS) is 16.3. The fraction of sp³-hybridized carbons (Fsp3) is 0.625. The zero-order chi connectivity index (χ0) is 17.8. The lowest BCUT2D eigenvalue weighted by Crippen LogP contribution is -2.45. The third-order valence-corrected chi connectivity index (χ3v) is 6.11. The Bertz CT molecular complexity index is 722. The zero-order valence-corrected chi connectivity index (χ0v) is 16.4. The van der Waals surface area contributed by atoms with Gasteiger partial charge in [-0.1, -0.05) is 18.7 Å². The van der Waals surface area contributed by atoms with E-state index in [9.17, 15) is 4.79 Å². The lowest BCUT2D eigenvalue weighted by molar-refractivity contribution is -0.119. The maximum absolute atomic E-state index is 12.1. The summed E-state index contributed by atoms with van der Waals surface area (Å²) >= 11 is 2.80. The minimum Gasteiger partial charge on any atom is -0.410 e. The molecule has 25 heavy (non-hydrogen) atoms. The molecule has 0 atom stereocenters. The molecule has 0 aromatic carbocycles. The molecule has 0 saturated carbocycles. The molecule has 1 N–H and O–H groups in total. The highest BCUT2D eigenvalue weighted by Crippen LogP contribution is 2.30. The van der Waals surface area contributed by atoms with Crippen molar-refractivity contribution in [3.05, 3.63) is 10.7 Å². The van der Waals surface area contributed by atoms with Crippen LogP contribution in [0.15, 0.2) is 9.64 Å². The predicted molar refractivity (Wildman–Crippen MR) is 98.9 cm³/mol. The molecule has 9 heteroatoms. The third kappa shape index (κ3) is 4.80. The summed E-state index contributed by atoms with van der Waals surface area (Å²) in [5.41, 5.74) is 0.888. The second kappa shape index (κ2) is 8.29. The van der Waals surface area contributed by atoms with Crippen LogP contribution < -0.4 is 5.32 Å². The lowest BCUT2D eigenvalue weighted by atomic mass is 10.1. The second-order valence-electron chi connectivity index (χ2n) is 6.09. The molecule has 2 aromatic heterocycles. The molecule has 3 heterocycles. The number of amides is 1. The van der Waals surface area contributed by atoms with E-state index < -0.39 is 0 Å². The number of rotatable bonds is 6. The third-order valence-electron chi connectivity index (χ3n) is 4.23. The maximum Gasteiger partial charge on any atom is 0.277 e. The molecule has 1 aliphatic rings. The van der Waals surface area contributed by atoms with Gasteiger partial charge in [-0.25, -0.2) is 4.98 Å². The molecule has 1 fully saturated rings. The quantitative estimate of drug-likeness (QED) is 0.770. The number of aromatic nitrogens is 3. The number of hydrogen-bond acceptors (Lipinski definition) is 8. The Hall–Kier alpha value is -1.45. The largest absolute Gasteiger partial charge is 0.410 e. The van der Waals surface area contributed by atoms with Gasteiger partial charge >= 0.3 is 0 Å². The molecule has 7 nitrogen and oxygen atoms in total. The average molecular weight is 382 g/mol. The Labute approximate surface area is 155 Å². The maximum atomic E-state index is 12.1. The number of carbonyl (C=O) groups is 1. The number of likely N-dealkylation sites (tertiary alicyclic amines) is 1. The van der Waals surface area contributed by atoms with E-state index in [0.717, 1.165) is 48.1 Å². The van der Waals surface area contributed by atoms with Gasteiger partial charge in [0.05, 0.1) is 16.5 Å². The number of carbonyl (C=O) groups excluding carboxylic acids is 1. The number of thioether (sulfide) groups is 1. The predicted octanol–water partition coefficient (Wildman–Crippen LogP) is 2.50. The van der Waals surface area contributed by atoms with E-state index in [1.807, 2.05) is 13.8 Å². The summed E-state index contributed by atoms with van der Waals surface area (Å²) in [4.78, 5) is 19.8. The first-order valence-corrected chi connectivity index (χ1v) is 10.3. The van der Waals surface area contributed by atoms with Gasteiger partial charge in [0, 0.05) is 19.1 Å². The van der Waals surface area contributed by atoms with E-state index in [1.165, 1.54) is 23.1 Å². The van der Waals surface area contributed by atoms with Gasteiger partial charge in [-0.15, -0.1) is 21.5 Å². The van der Waals surface area contributed by atoms with Gasteiger partial charge < -0.3 is 14.6 Å². The summed E-state index contributed by atoms with van der Waals surface area (Å²) < 4.78 is 5.66. The molecule has 136 valence electrons. The summed E-state index contributed by atoms with van der Waals surface area (Å²) in [5, 5.41) is 12.6. The van der Waals surface area contributed by atoms with E-state index in [0.29, 0.717) is 11.1 Å². The van der Waals surface area contributed by atoms with Crippen LogP contribution in [0.2, 0.25) is 0 Å². The van der Waals surface area contributed by atoms with E-state index in [-0.39, 0.29) is 17.7 Å². The molecule has 1 saturated heterocycles. The number of hydrogen-bond donors (Lipinski definition) is 1. The highest BCUT2D eigenvalue weighted by molar-refractivity contribution is 7.99. The lowest BCUT2D eigenvalue weighted by Gasteiger charge is -2.31. The highest BCUT2D eigenvalue weighted by atomic mass is 32.2. The smallest absolute Gasteiger partial charge is 0.277 e. The van der Waals surface area contributed by atoms with Crippen molar-refractivity contribution < 1.29 is 9.21 Å². The zero-order valence-electron chi connectivity index (χ0n) is 14.7. The van der Waals surface area contributed by atoms with Crippen LogP contribution in [0.1, 0.15) is 30.5 Å². The van der Waals surface area contributed by atoms with Crippen LogP contribution in [0.25, 0.3) is 10.8 Å². The van der Waals surface area contributed by atoms with E-state index >= 15 is 0 Å². The Morgan fingerprint density at radius 1 is 1.36 bits per heavy atom. The highest BCUT2D eigenvalue weighted by Gasteiger charge is 2.20. The van der Waals surface area contributed by atoms with Crippen LogP contribution in [0.4, 0.5) is 0 Å². The van der Waals surface area contributed by atoms with Crippen molar-refractivity contribution in [2.75, 3.05) is 25.4 Å². The Morgan fingerprint density at radius 3 is 2.76 bits per heavy atom. The van der Waals surface area contributed by atoms with Gasteiger partial charge in [0.25, 0.3) is 11.1 Å². The molecule has 2 aromatic rings. The molecule has 1 amide bonds. The molecule has 0 radical (unpaired) electrons. The average Bonchev–Trinajstić information content (AvgIpc) is 3.19. The van der Waals surface area contributed by atoms with Gasteiger partial charge in [-0.3, -0.25) is 4.79 Å². The summed E-state index contributed by atoms with van der Waals surface area (Å²) in [6.07, 6.45) is 2.03. The van der Waals surface area contributed by atoms with E-state index in [1.54, 1.807) is 0 Å². The molecule has 0 spiro atoms. The van der Waals surface area contributed by atoms with Crippen LogP contribution in [-0.4, -0.2) is 57.4 Å². The minimum absolute atomic E-state index is 0.0181. The fourth-order valence-corrected chi connectivity index (χ4v) is 4.30. The van der Waals surface area contributed by atoms with Crippen LogP contribution in [-0.2, 0) is 4.79 Å². The number of nitrogens with zero attached hydrogens (tertiary/aromatic N) is 4. The van der Waals surface area contributed by atoms with E-state index in [2.05, 4.69) is 32.3 Å².